The summed E-state index contributed by atoms with van der Waals surface area (Å²) in [6.07, 6.45) is 0.619. The predicted molar refractivity (Wildman–Crippen MR) is 59.3 cm³/mol. The molecule has 0 fully saturated rings. The Bertz CT molecular complexity index is 203. The van der Waals surface area contributed by atoms with E-state index >= 15 is 0 Å². The lowest BCUT2D eigenvalue weighted by Gasteiger charge is -2.16. The first-order chi connectivity index (χ1) is 5.49. The molecule has 0 aromatic heterocycles. The van der Waals surface area contributed by atoms with E-state index in [1.165, 1.54) is 0 Å². The van der Waals surface area contributed by atoms with Crippen LogP contribution in [-0.4, -0.2) is 38.7 Å². The topological polar surface area (TPSA) is 37.4 Å². The second-order valence-electron chi connectivity index (χ2n) is 2.62. The maximum atomic E-state index is 10.5. The van der Waals surface area contributed by atoms with E-state index in [9.17, 15) is 8.42 Å². The molecule has 0 atom stereocenters. The second kappa shape index (κ2) is 7.85. The van der Waals surface area contributed by atoms with Gasteiger partial charge in [0.2, 0.25) is 9.05 Å². The Morgan fingerprint density at radius 2 is 1.69 bits per heavy atom. The molecule has 0 aliphatic rings. The number of hydrogen-bond acceptors (Lipinski definition) is 3. The molecule has 0 saturated heterocycles. The van der Waals surface area contributed by atoms with Crippen molar-refractivity contribution in [3.63, 3.8) is 0 Å². The van der Waals surface area contributed by atoms with Crippen molar-refractivity contribution in [1.82, 2.24) is 4.90 Å². The standard InChI is InChI=1S/C7H16ClNO2S.ClH/c1-3-9(4-2)6-5-7-12(8,10)11;/h3-7H2,1-2H3;1H. The highest BCUT2D eigenvalue weighted by Crippen LogP contribution is 2.00. The van der Waals surface area contributed by atoms with Crippen molar-refractivity contribution >= 4 is 32.1 Å². The van der Waals surface area contributed by atoms with Crippen LogP contribution in [0, 0.1) is 0 Å². The molecule has 13 heavy (non-hydrogen) atoms. The van der Waals surface area contributed by atoms with E-state index in [0.29, 0.717) is 6.42 Å². The number of halogens is 2. The van der Waals surface area contributed by atoms with Gasteiger partial charge in [0.25, 0.3) is 0 Å². The largest absolute Gasteiger partial charge is 0.304 e. The second-order valence-corrected chi connectivity index (χ2v) is 5.52. The van der Waals surface area contributed by atoms with E-state index in [4.69, 9.17) is 10.7 Å². The van der Waals surface area contributed by atoms with Crippen LogP contribution < -0.4 is 0 Å². The van der Waals surface area contributed by atoms with E-state index in [2.05, 4.69) is 18.7 Å². The molecular formula is C7H17Cl2NO2S. The summed E-state index contributed by atoms with van der Waals surface area (Å²) >= 11 is 0. The predicted octanol–water partition coefficient (Wildman–Crippen LogP) is 1.71. The van der Waals surface area contributed by atoms with Crippen LogP contribution in [0.3, 0.4) is 0 Å². The summed E-state index contributed by atoms with van der Waals surface area (Å²) in [6.45, 7) is 6.83. The van der Waals surface area contributed by atoms with Gasteiger partial charge in [-0.25, -0.2) is 8.42 Å². The molecule has 0 bridgehead atoms. The molecule has 0 amide bonds. The van der Waals surface area contributed by atoms with E-state index in [1.807, 2.05) is 0 Å². The summed E-state index contributed by atoms with van der Waals surface area (Å²) in [4.78, 5) is 2.17. The van der Waals surface area contributed by atoms with Gasteiger partial charge >= 0.3 is 0 Å². The summed E-state index contributed by atoms with van der Waals surface area (Å²) in [6, 6.07) is 0. The van der Waals surface area contributed by atoms with Crippen LogP contribution in [0.4, 0.5) is 0 Å². The van der Waals surface area contributed by atoms with Gasteiger partial charge in [-0.15, -0.1) is 12.4 Å². The Morgan fingerprint density at radius 3 is 2.00 bits per heavy atom. The van der Waals surface area contributed by atoms with Crippen LogP contribution in [-0.2, 0) is 9.05 Å². The van der Waals surface area contributed by atoms with Gasteiger partial charge in [-0.3, -0.25) is 0 Å². The van der Waals surface area contributed by atoms with Crippen molar-refractivity contribution in [2.75, 3.05) is 25.4 Å². The summed E-state index contributed by atoms with van der Waals surface area (Å²) in [7, 11) is 1.77. The molecule has 82 valence electrons. The fourth-order valence-electron chi connectivity index (χ4n) is 1.00. The first-order valence-electron chi connectivity index (χ1n) is 4.14. The summed E-state index contributed by atoms with van der Waals surface area (Å²) in [5, 5.41) is 0. The van der Waals surface area contributed by atoms with Gasteiger partial charge in [0, 0.05) is 10.7 Å². The number of hydrogen-bond donors (Lipinski definition) is 0. The highest BCUT2D eigenvalue weighted by atomic mass is 35.7. The van der Waals surface area contributed by atoms with E-state index in [1.54, 1.807) is 0 Å². The molecule has 3 nitrogen and oxygen atoms in total. The third kappa shape index (κ3) is 10.4. The maximum absolute atomic E-state index is 10.5. The fraction of sp³-hybridized carbons (Fsp3) is 1.00. The lowest BCUT2D eigenvalue weighted by Crippen LogP contribution is -2.25. The molecular weight excluding hydrogens is 233 g/mol. The Balaban J connectivity index is 0. The average Bonchev–Trinajstić information content (AvgIpc) is 1.96. The highest BCUT2D eigenvalue weighted by molar-refractivity contribution is 8.13. The Hall–Kier alpha value is 0.490. The summed E-state index contributed by atoms with van der Waals surface area (Å²) < 4.78 is 21.1. The quantitative estimate of drug-likeness (QED) is 0.673. The van der Waals surface area contributed by atoms with Crippen LogP contribution in [0.25, 0.3) is 0 Å². The van der Waals surface area contributed by atoms with Crippen LogP contribution in [0.1, 0.15) is 20.3 Å². The summed E-state index contributed by atoms with van der Waals surface area (Å²) in [5.74, 6) is 0.0745. The van der Waals surface area contributed by atoms with Gasteiger partial charge < -0.3 is 4.90 Å². The zero-order chi connectivity index (χ0) is 9.61. The maximum Gasteiger partial charge on any atom is 0.232 e. The molecule has 0 heterocycles. The monoisotopic (exact) mass is 249 g/mol. The smallest absolute Gasteiger partial charge is 0.232 e. The molecule has 0 aliphatic heterocycles. The zero-order valence-electron chi connectivity index (χ0n) is 7.99. The molecule has 0 saturated carbocycles. The molecule has 0 spiro atoms. The third-order valence-electron chi connectivity index (χ3n) is 1.76. The minimum Gasteiger partial charge on any atom is -0.304 e. The van der Waals surface area contributed by atoms with Crippen molar-refractivity contribution in [2.45, 2.75) is 20.3 Å². The molecule has 0 N–H and O–H groups in total. The molecule has 6 heteroatoms. The van der Waals surface area contributed by atoms with Gasteiger partial charge in [-0.2, -0.15) is 0 Å². The van der Waals surface area contributed by atoms with Gasteiger partial charge in [-0.1, -0.05) is 13.8 Å². The van der Waals surface area contributed by atoms with Crippen LogP contribution in [0.15, 0.2) is 0 Å². The van der Waals surface area contributed by atoms with Gasteiger partial charge in [-0.05, 0) is 26.1 Å². The molecule has 0 rings (SSSR count). The van der Waals surface area contributed by atoms with E-state index in [0.717, 1.165) is 19.6 Å². The third-order valence-corrected chi connectivity index (χ3v) is 3.00. The van der Waals surface area contributed by atoms with Crippen molar-refractivity contribution in [3.05, 3.63) is 0 Å². The van der Waals surface area contributed by atoms with Crippen LogP contribution >= 0.6 is 23.1 Å². The highest BCUT2D eigenvalue weighted by Gasteiger charge is 2.05. The molecule has 0 aromatic rings. The van der Waals surface area contributed by atoms with E-state index in [-0.39, 0.29) is 18.2 Å². The molecule has 0 unspecified atom stereocenters. The van der Waals surface area contributed by atoms with Crippen molar-refractivity contribution in [2.24, 2.45) is 0 Å². The van der Waals surface area contributed by atoms with Gasteiger partial charge in [0.15, 0.2) is 0 Å². The Morgan fingerprint density at radius 1 is 1.23 bits per heavy atom. The minimum absolute atomic E-state index is 0. The van der Waals surface area contributed by atoms with Crippen molar-refractivity contribution < 1.29 is 8.42 Å². The number of rotatable bonds is 6. The van der Waals surface area contributed by atoms with Crippen LogP contribution in [0.5, 0.6) is 0 Å². The molecule has 0 aliphatic carbocycles. The lowest BCUT2D eigenvalue weighted by molar-refractivity contribution is 0.305. The van der Waals surface area contributed by atoms with Crippen molar-refractivity contribution in [3.8, 4) is 0 Å². The summed E-state index contributed by atoms with van der Waals surface area (Å²) in [5.41, 5.74) is 0. The number of nitrogens with zero attached hydrogens (tertiary/aromatic N) is 1. The average molecular weight is 250 g/mol. The first-order valence-corrected chi connectivity index (χ1v) is 6.62. The molecule has 0 aromatic carbocycles. The Kier molecular flexibility index (Phi) is 9.63. The van der Waals surface area contributed by atoms with Crippen molar-refractivity contribution in [1.29, 1.82) is 0 Å². The minimum atomic E-state index is -3.29. The lowest BCUT2D eigenvalue weighted by atomic mass is 10.4. The SMILES string of the molecule is CCN(CC)CCCS(=O)(=O)Cl.Cl. The van der Waals surface area contributed by atoms with E-state index < -0.39 is 9.05 Å². The first kappa shape index (κ1) is 15.9. The molecule has 0 radical (unpaired) electrons. The zero-order valence-corrected chi connectivity index (χ0v) is 10.4. The van der Waals surface area contributed by atoms with Crippen LogP contribution in [0.2, 0.25) is 0 Å². The van der Waals surface area contributed by atoms with Gasteiger partial charge in [0.05, 0.1) is 5.75 Å². The van der Waals surface area contributed by atoms with Gasteiger partial charge in [0.1, 0.15) is 0 Å². The normalized spacial score (nSPS) is 11.4. The Labute approximate surface area is 91.3 Å². The fourth-order valence-corrected chi connectivity index (χ4v) is 1.80.